The molecule has 0 fully saturated rings. The average Bonchev–Trinajstić information content (AvgIpc) is 2.21. The van der Waals surface area contributed by atoms with E-state index >= 15 is 0 Å². The Balaban J connectivity index is 4.77. The fourth-order valence-corrected chi connectivity index (χ4v) is 4.09. The van der Waals surface area contributed by atoms with Crippen LogP contribution < -0.4 is 4.72 Å². The van der Waals surface area contributed by atoms with Crippen LogP contribution in [-0.2, 0) is 24.7 Å². The summed E-state index contributed by atoms with van der Waals surface area (Å²) in [6.45, 7) is 3.35. The number of aliphatic carboxylic acids is 1. The van der Waals surface area contributed by atoms with Gasteiger partial charge in [0.1, 0.15) is 15.9 Å². The molecule has 0 aliphatic rings. The van der Waals surface area contributed by atoms with Gasteiger partial charge in [-0.1, -0.05) is 20.3 Å². The Labute approximate surface area is 108 Å². The number of hydrogen-bond donors (Lipinski definition) is 2. The zero-order valence-corrected chi connectivity index (χ0v) is 12.2. The molecule has 0 aromatic carbocycles. The van der Waals surface area contributed by atoms with Gasteiger partial charge in [-0.05, 0) is 5.92 Å². The van der Waals surface area contributed by atoms with Gasteiger partial charge in [0.15, 0.2) is 0 Å². The number of carboxylic acids is 1. The molecular formula is C9H19NO6S2. The van der Waals surface area contributed by atoms with Crippen LogP contribution in [0.15, 0.2) is 0 Å². The van der Waals surface area contributed by atoms with E-state index in [1.165, 1.54) is 0 Å². The maximum atomic E-state index is 11.6. The summed E-state index contributed by atoms with van der Waals surface area (Å²) in [5.41, 5.74) is 0. The molecule has 0 aliphatic heterocycles. The first kappa shape index (κ1) is 17.3. The van der Waals surface area contributed by atoms with Crippen molar-refractivity contribution in [3.63, 3.8) is 0 Å². The molecule has 0 bridgehead atoms. The highest BCUT2D eigenvalue weighted by Gasteiger charge is 2.28. The van der Waals surface area contributed by atoms with Gasteiger partial charge in [0.05, 0.1) is 11.5 Å². The number of carbonyl (C=O) groups is 1. The monoisotopic (exact) mass is 301 g/mol. The molecule has 0 aromatic heterocycles. The number of rotatable bonds is 8. The Hall–Kier alpha value is -0.670. The van der Waals surface area contributed by atoms with Crippen molar-refractivity contribution < 1.29 is 26.7 Å². The van der Waals surface area contributed by atoms with Crippen LogP contribution in [0.5, 0.6) is 0 Å². The molecule has 1 unspecified atom stereocenters. The molecule has 0 amide bonds. The first-order chi connectivity index (χ1) is 7.98. The smallest absolute Gasteiger partial charge is 0.322 e. The Morgan fingerprint density at radius 2 is 1.72 bits per heavy atom. The second-order valence-electron chi connectivity index (χ2n) is 4.27. The molecule has 18 heavy (non-hydrogen) atoms. The van der Waals surface area contributed by atoms with E-state index in [1.807, 2.05) is 4.72 Å². The zero-order valence-electron chi connectivity index (χ0n) is 10.6. The van der Waals surface area contributed by atoms with Crippen LogP contribution in [0.1, 0.15) is 20.3 Å². The maximum Gasteiger partial charge on any atom is 0.322 e. The van der Waals surface area contributed by atoms with Gasteiger partial charge in [-0.3, -0.25) is 4.79 Å². The Morgan fingerprint density at radius 3 is 2.06 bits per heavy atom. The van der Waals surface area contributed by atoms with Gasteiger partial charge in [-0.25, -0.2) is 21.6 Å². The molecule has 0 rings (SSSR count). The minimum Gasteiger partial charge on any atom is -0.480 e. The highest BCUT2D eigenvalue weighted by Crippen LogP contribution is 2.09. The lowest BCUT2D eigenvalue weighted by atomic mass is 10.0. The highest BCUT2D eigenvalue weighted by molar-refractivity contribution is 7.93. The molecule has 9 heteroatoms. The first-order valence-corrected chi connectivity index (χ1v) is 9.10. The Bertz CT molecular complexity index is 481. The maximum absolute atomic E-state index is 11.6. The summed E-state index contributed by atoms with van der Waals surface area (Å²) in [5, 5.41) is 8.92. The fourth-order valence-electron chi connectivity index (χ4n) is 1.16. The molecular weight excluding hydrogens is 282 g/mol. The van der Waals surface area contributed by atoms with E-state index in [1.54, 1.807) is 13.8 Å². The van der Waals surface area contributed by atoms with E-state index in [0.717, 1.165) is 6.26 Å². The zero-order chi connectivity index (χ0) is 14.6. The van der Waals surface area contributed by atoms with Crippen molar-refractivity contribution in [1.29, 1.82) is 0 Å². The standard InChI is InChI=1S/C9H19NO6S2/c1-4-7(2)8(9(11)12)10-18(15,16)6-5-17(3,13)14/h7-8,10H,4-6H2,1-3H3,(H,11,12)/t7?,8-/m0/s1. The molecule has 2 atom stereocenters. The summed E-state index contributed by atoms with van der Waals surface area (Å²) in [7, 11) is -7.33. The van der Waals surface area contributed by atoms with Gasteiger partial charge in [0, 0.05) is 6.26 Å². The third-order valence-corrected chi connectivity index (χ3v) is 5.07. The summed E-state index contributed by atoms with van der Waals surface area (Å²) in [6, 6.07) is -1.24. The summed E-state index contributed by atoms with van der Waals surface area (Å²) >= 11 is 0. The van der Waals surface area contributed by atoms with Crippen LogP contribution in [0.3, 0.4) is 0 Å². The van der Waals surface area contributed by atoms with Crippen molar-refractivity contribution in [2.45, 2.75) is 26.3 Å². The normalized spacial score (nSPS) is 16.2. The van der Waals surface area contributed by atoms with Crippen molar-refractivity contribution >= 4 is 25.8 Å². The third kappa shape index (κ3) is 6.92. The quantitative estimate of drug-likeness (QED) is 0.621. The van der Waals surface area contributed by atoms with Crippen LogP contribution in [-0.4, -0.2) is 51.7 Å². The molecule has 0 saturated carbocycles. The number of hydrogen-bond acceptors (Lipinski definition) is 5. The lowest BCUT2D eigenvalue weighted by Gasteiger charge is -2.19. The van der Waals surface area contributed by atoms with Crippen molar-refractivity contribution in [3.8, 4) is 0 Å². The van der Waals surface area contributed by atoms with Gasteiger partial charge in [-0.15, -0.1) is 0 Å². The minimum absolute atomic E-state index is 0.379. The topological polar surface area (TPSA) is 118 Å². The highest BCUT2D eigenvalue weighted by atomic mass is 32.2. The van der Waals surface area contributed by atoms with E-state index in [4.69, 9.17) is 5.11 Å². The largest absolute Gasteiger partial charge is 0.480 e. The van der Waals surface area contributed by atoms with Crippen LogP contribution in [0.25, 0.3) is 0 Å². The second-order valence-corrected chi connectivity index (χ2v) is 8.40. The number of sulfone groups is 1. The van der Waals surface area contributed by atoms with Crippen molar-refractivity contribution in [1.82, 2.24) is 4.72 Å². The number of carboxylic acid groups (broad SMARTS) is 1. The van der Waals surface area contributed by atoms with E-state index < -0.39 is 43.4 Å². The Morgan fingerprint density at radius 1 is 1.22 bits per heavy atom. The van der Waals surface area contributed by atoms with Crippen molar-refractivity contribution in [2.24, 2.45) is 5.92 Å². The van der Waals surface area contributed by atoms with Crippen molar-refractivity contribution in [2.75, 3.05) is 17.8 Å². The van der Waals surface area contributed by atoms with Crippen LogP contribution >= 0.6 is 0 Å². The fraction of sp³-hybridized carbons (Fsp3) is 0.889. The number of sulfonamides is 1. The molecule has 0 heterocycles. The predicted molar refractivity (Wildman–Crippen MR) is 67.5 cm³/mol. The predicted octanol–water partition coefficient (Wildman–Crippen LogP) is -0.550. The number of nitrogens with one attached hydrogen (secondary N) is 1. The molecule has 2 N–H and O–H groups in total. The molecule has 0 aliphatic carbocycles. The van der Waals surface area contributed by atoms with Crippen molar-refractivity contribution in [3.05, 3.63) is 0 Å². The Kier molecular flexibility index (Phi) is 6.24. The summed E-state index contributed by atoms with van der Waals surface area (Å²) < 4.78 is 46.9. The lowest BCUT2D eigenvalue weighted by molar-refractivity contribution is -0.140. The summed E-state index contributed by atoms with van der Waals surface area (Å²) in [4.78, 5) is 10.9. The van der Waals surface area contributed by atoms with Gasteiger partial charge in [0.25, 0.3) is 0 Å². The van der Waals surface area contributed by atoms with E-state index in [2.05, 4.69) is 0 Å². The molecule has 0 saturated heterocycles. The van der Waals surface area contributed by atoms with Gasteiger partial charge in [0.2, 0.25) is 10.0 Å². The lowest BCUT2D eigenvalue weighted by Crippen LogP contribution is -2.46. The van der Waals surface area contributed by atoms with Gasteiger partial charge >= 0.3 is 5.97 Å². The first-order valence-electron chi connectivity index (χ1n) is 5.39. The van der Waals surface area contributed by atoms with Gasteiger partial charge < -0.3 is 5.11 Å². The average molecular weight is 301 g/mol. The molecule has 0 aromatic rings. The van der Waals surface area contributed by atoms with E-state index in [9.17, 15) is 21.6 Å². The van der Waals surface area contributed by atoms with Crippen LogP contribution in [0, 0.1) is 5.92 Å². The van der Waals surface area contributed by atoms with Gasteiger partial charge in [-0.2, -0.15) is 0 Å². The summed E-state index contributed by atoms with van der Waals surface area (Å²) in [6.07, 6.45) is 1.41. The SMILES string of the molecule is CCC(C)[C@H](NS(=O)(=O)CCS(C)(=O)=O)C(=O)O. The molecule has 108 valence electrons. The van der Waals surface area contributed by atoms with E-state index in [0.29, 0.717) is 6.42 Å². The second kappa shape index (κ2) is 6.48. The summed E-state index contributed by atoms with van der Waals surface area (Å²) in [5.74, 6) is -2.82. The minimum atomic E-state index is -3.92. The van der Waals surface area contributed by atoms with Crippen LogP contribution in [0.2, 0.25) is 0 Å². The third-order valence-electron chi connectivity index (χ3n) is 2.51. The van der Waals surface area contributed by atoms with Crippen LogP contribution in [0.4, 0.5) is 0 Å². The van der Waals surface area contributed by atoms with E-state index in [-0.39, 0.29) is 5.92 Å². The molecule has 0 radical (unpaired) electrons. The molecule has 0 spiro atoms. The molecule has 7 nitrogen and oxygen atoms in total.